The summed E-state index contributed by atoms with van der Waals surface area (Å²) in [6.07, 6.45) is 9.31. The second-order valence-electron chi connectivity index (χ2n) is 15.1. The minimum atomic E-state index is -3.98. The van der Waals surface area contributed by atoms with Gasteiger partial charge in [0, 0.05) is 42.2 Å². The van der Waals surface area contributed by atoms with Crippen molar-refractivity contribution in [3.8, 4) is 5.75 Å². The topological polar surface area (TPSA) is 139 Å². The summed E-state index contributed by atoms with van der Waals surface area (Å²) in [6.45, 7) is 3.69. The normalized spacial score (nSPS) is 30.5. The van der Waals surface area contributed by atoms with Crippen molar-refractivity contribution in [2.45, 2.75) is 75.1 Å². The van der Waals surface area contributed by atoms with Crippen molar-refractivity contribution in [1.82, 2.24) is 9.62 Å². The highest BCUT2D eigenvalue weighted by Gasteiger charge is 2.45. The van der Waals surface area contributed by atoms with Crippen LogP contribution in [0.4, 0.5) is 5.69 Å². The first-order chi connectivity index (χ1) is 24.9. The maximum atomic E-state index is 13.5. The van der Waals surface area contributed by atoms with Crippen LogP contribution in [-0.4, -0.2) is 95.8 Å². The molecule has 282 valence electrons. The Bertz CT molecular complexity index is 1940. The molecule has 0 aromatic heterocycles. The van der Waals surface area contributed by atoms with Crippen LogP contribution in [0.2, 0.25) is 5.02 Å². The lowest BCUT2D eigenvalue weighted by Crippen LogP contribution is -2.50. The molecule has 2 amide bonds. The number of amides is 2. The first-order valence-electron chi connectivity index (χ1n) is 18.5. The van der Waals surface area contributed by atoms with E-state index in [4.69, 9.17) is 21.1 Å². The molecule has 52 heavy (non-hydrogen) atoms. The van der Waals surface area contributed by atoms with Crippen LogP contribution in [0, 0.1) is 11.8 Å². The molecule has 11 nitrogen and oxygen atoms in total. The second kappa shape index (κ2) is 14.9. The van der Waals surface area contributed by atoms with Crippen LogP contribution in [0.5, 0.6) is 5.75 Å². The molecule has 0 radical (unpaired) electrons. The molecule has 1 saturated heterocycles. The number of sulfonamides is 1. The zero-order chi connectivity index (χ0) is 36.7. The Balaban J connectivity index is 1.22. The lowest BCUT2D eigenvalue weighted by Gasteiger charge is -2.46. The fourth-order valence-electron chi connectivity index (χ4n) is 8.70. The minimum Gasteiger partial charge on any atom is -0.490 e. The Hall–Kier alpha value is -3.13. The minimum absolute atomic E-state index is 0.0452. The number of ether oxygens (including phenoxy) is 2. The van der Waals surface area contributed by atoms with Gasteiger partial charge >= 0.3 is 0 Å². The highest BCUT2D eigenvalue weighted by molar-refractivity contribution is 7.91. The van der Waals surface area contributed by atoms with Gasteiger partial charge in [-0.25, -0.2) is 21.6 Å². The van der Waals surface area contributed by atoms with Crippen molar-refractivity contribution in [1.29, 1.82) is 0 Å². The lowest BCUT2D eigenvalue weighted by atomic mass is 9.68. The van der Waals surface area contributed by atoms with Gasteiger partial charge in [0.05, 0.1) is 35.2 Å². The van der Waals surface area contributed by atoms with Crippen molar-refractivity contribution >= 4 is 49.0 Å². The van der Waals surface area contributed by atoms with Crippen molar-refractivity contribution in [3.05, 3.63) is 70.3 Å². The summed E-state index contributed by atoms with van der Waals surface area (Å²) in [5.41, 5.74) is 3.10. The maximum absolute atomic E-state index is 13.5. The number of nitrogens with zero attached hydrogens (tertiary/aromatic N) is 2. The molecule has 7 rings (SSSR count). The predicted octanol–water partition coefficient (Wildman–Crippen LogP) is 4.67. The molecular weight excluding hydrogens is 726 g/mol. The van der Waals surface area contributed by atoms with E-state index in [1.54, 1.807) is 30.0 Å². The van der Waals surface area contributed by atoms with Gasteiger partial charge in [0.15, 0.2) is 9.84 Å². The Kier molecular flexibility index (Phi) is 10.7. The number of hydrogen-bond donors (Lipinski definition) is 1. The zero-order valence-electron chi connectivity index (χ0n) is 29.6. The molecule has 2 bridgehead atoms. The van der Waals surface area contributed by atoms with E-state index in [0.29, 0.717) is 49.7 Å². The Morgan fingerprint density at radius 3 is 2.63 bits per heavy atom. The number of hydrogen-bond acceptors (Lipinski definition) is 9. The van der Waals surface area contributed by atoms with Crippen LogP contribution >= 0.6 is 11.6 Å². The number of carbonyl (C=O) groups excluding carboxylic acids is 2. The summed E-state index contributed by atoms with van der Waals surface area (Å²) in [6, 6.07) is 11.3. The second-order valence-corrected chi connectivity index (χ2v) is 19.8. The Morgan fingerprint density at radius 1 is 1.08 bits per heavy atom. The number of halogens is 1. The summed E-state index contributed by atoms with van der Waals surface area (Å²) in [5, 5.41) is -0.0723. The van der Waals surface area contributed by atoms with Gasteiger partial charge in [-0.1, -0.05) is 36.7 Å². The van der Waals surface area contributed by atoms with Crippen LogP contribution in [0.15, 0.2) is 48.6 Å². The van der Waals surface area contributed by atoms with Crippen molar-refractivity contribution in [3.63, 3.8) is 0 Å². The van der Waals surface area contributed by atoms with Gasteiger partial charge in [-0.05, 0) is 105 Å². The fraction of sp³-hybridized carbons (Fsp3) is 0.579. The average molecular weight is 774 g/mol. The molecular formula is C38H48ClN3O8S2. The number of nitrogens with one attached hydrogen (secondary N) is 1. The van der Waals surface area contributed by atoms with Gasteiger partial charge in [0.25, 0.3) is 5.91 Å². The number of rotatable bonds is 4. The van der Waals surface area contributed by atoms with E-state index in [0.717, 1.165) is 37.8 Å². The summed E-state index contributed by atoms with van der Waals surface area (Å²) in [5.74, 6) is -0.0444. The monoisotopic (exact) mass is 773 g/mol. The molecule has 5 atom stereocenters. The molecule has 3 aliphatic heterocycles. The number of aryl methyl sites for hydroxylation is 1. The third-order valence-corrected chi connectivity index (χ3v) is 15.6. The molecule has 1 N–H and O–H groups in total. The SMILES string of the molecule is CC[C@@H]1CC/C=C/[C@H](OCC(=O)N2CCS(=O)(=O)CC2)[C@@H]2CC[C@H]2CN2C[C@@]3(CCCc4cc(Cl)ccc43)COc3ccc(cc32)C(=O)NS1(=O)=O. The third kappa shape index (κ3) is 7.74. The highest BCUT2D eigenvalue weighted by atomic mass is 35.5. The number of sulfone groups is 1. The Labute approximate surface area is 312 Å². The molecule has 0 unspecified atom stereocenters. The molecule has 2 aromatic carbocycles. The highest BCUT2D eigenvalue weighted by Crippen LogP contribution is 2.47. The summed E-state index contributed by atoms with van der Waals surface area (Å²) < 4.78 is 66.2. The molecule has 2 aliphatic carbocycles. The van der Waals surface area contributed by atoms with Crippen LogP contribution in [-0.2, 0) is 41.2 Å². The molecule has 1 spiro atoms. The van der Waals surface area contributed by atoms with E-state index < -0.39 is 31.0 Å². The van der Waals surface area contributed by atoms with E-state index in [1.165, 1.54) is 11.1 Å². The zero-order valence-corrected chi connectivity index (χ0v) is 32.0. The van der Waals surface area contributed by atoms with Gasteiger partial charge in [-0.15, -0.1) is 0 Å². The predicted molar refractivity (Wildman–Crippen MR) is 200 cm³/mol. The quantitative estimate of drug-likeness (QED) is 0.440. The number of anilines is 1. The van der Waals surface area contributed by atoms with Crippen LogP contribution in [0.1, 0.15) is 73.4 Å². The number of fused-ring (bicyclic) bond motifs is 4. The van der Waals surface area contributed by atoms with Crippen LogP contribution < -0.4 is 14.4 Å². The standard InChI is InChI=1S/C38H48ClN3O8S2/c1-2-30-7-3-4-8-34(49-23-36(43)41-16-18-51(45,46)19-17-41)31-12-9-28(31)22-42-24-38(15-5-6-26-20-29(39)11-13-32(26)38)25-50-35-14-10-27(21-33(35)42)37(44)40-52(30,47)48/h4,8,10-11,13-14,20-21,28,30-31,34H,2-3,5-7,9,12,15-19,22-25H2,1H3,(H,40,44)/b8-4+/t28-,30+,31+,34-,38-/m0/s1. The Morgan fingerprint density at radius 2 is 1.88 bits per heavy atom. The van der Waals surface area contributed by atoms with Crippen LogP contribution in [0.25, 0.3) is 0 Å². The smallest absolute Gasteiger partial charge is 0.264 e. The van der Waals surface area contributed by atoms with E-state index in [-0.39, 0.29) is 66.0 Å². The molecule has 3 heterocycles. The van der Waals surface area contributed by atoms with Gasteiger partial charge in [0.2, 0.25) is 15.9 Å². The van der Waals surface area contributed by atoms with Gasteiger partial charge in [-0.3, -0.25) is 9.59 Å². The van der Waals surface area contributed by atoms with Crippen molar-refractivity contribution in [2.75, 3.05) is 55.8 Å². The number of carbonyl (C=O) groups is 2. The lowest BCUT2D eigenvalue weighted by molar-refractivity contribution is -0.139. The maximum Gasteiger partial charge on any atom is 0.264 e. The molecule has 2 aromatic rings. The van der Waals surface area contributed by atoms with Crippen LogP contribution in [0.3, 0.4) is 0 Å². The van der Waals surface area contributed by atoms with E-state index in [1.807, 2.05) is 18.2 Å². The van der Waals surface area contributed by atoms with Gasteiger partial charge < -0.3 is 19.3 Å². The number of allylic oxidation sites excluding steroid dienone is 1. The van der Waals surface area contributed by atoms with Gasteiger partial charge in [-0.2, -0.15) is 0 Å². The van der Waals surface area contributed by atoms with E-state index in [2.05, 4.69) is 21.8 Å². The molecule has 2 fully saturated rings. The molecule has 5 aliphatic rings. The van der Waals surface area contributed by atoms with E-state index >= 15 is 0 Å². The average Bonchev–Trinajstić information content (AvgIpc) is 3.24. The number of benzene rings is 2. The third-order valence-electron chi connectivity index (χ3n) is 11.9. The van der Waals surface area contributed by atoms with Crippen molar-refractivity contribution in [2.24, 2.45) is 11.8 Å². The van der Waals surface area contributed by atoms with Gasteiger partial charge in [0.1, 0.15) is 12.4 Å². The fourth-order valence-corrected chi connectivity index (χ4v) is 11.5. The molecule has 14 heteroatoms. The molecule has 1 saturated carbocycles. The summed E-state index contributed by atoms with van der Waals surface area (Å²) in [4.78, 5) is 30.6. The summed E-state index contributed by atoms with van der Waals surface area (Å²) in [7, 11) is -7.11. The summed E-state index contributed by atoms with van der Waals surface area (Å²) >= 11 is 6.44. The van der Waals surface area contributed by atoms with Crippen molar-refractivity contribution < 1.29 is 35.9 Å². The first kappa shape index (κ1) is 37.2. The van der Waals surface area contributed by atoms with E-state index in [9.17, 15) is 26.4 Å². The largest absolute Gasteiger partial charge is 0.490 e. The first-order valence-corrected chi connectivity index (χ1v) is 22.2.